The summed E-state index contributed by atoms with van der Waals surface area (Å²) in [4.78, 5) is 29.4. The molecule has 1 aliphatic rings. The quantitative estimate of drug-likeness (QED) is 0.275. The molecule has 0 saturated heterocycles. The highest BCUT2D eigenvalue weighted by atomic mass is 35.5. The highest BCUT2D eigenvalue weighted by molar-refractivity contribution is 6.42. The number of benzene rings is 3. The van der Waals surface area contributed by atoms with Crippen molar-refractivity contribution in [2.45, 2.75) is 63.6 Å². The van der Waals surface area contributed by atoms with E-state index in [0.717, 1.165) is 36.8 Å². The molecule has 1 aliphatic carbocycles. The minimum Gasteiger partial charge on any atom is -0.352 e. The third kappa shape index (κ3) is 7.89. The van der Waals surface area contributed by atoms with Gasteiger partial charge in [-0.3, -0.25) is 9.59 Å². The zero-order valence-electron chi connectivity index (χ0n) is 20.9. The van der Waals surface area contributed by atoms with Crippen LogP contribution in [0.5, 0.6) is 0 Å². The van der Waals surface area contributed by atoms with Crippen molar-refractivity contribution in [2.24, 2.45) is 0 Å². The van der Waals surface area contributed by atoms with Crippen LogP contribution in [0.25, 0.3) is 0 Å². The maximum atomic E-state index is 13.9. The van der Waals surface area contributed by atoms with E-state index in [4.69, 9.17) is 46.4 Å². The number of hydrogen-bond donors (Lipinski definition) is 1. The lowest BCUT2D eigenvalue weighted by atomic mass is 9.94. The van der Waals surface area contributed by atoms with Gasteiger partial charge in [-0.15, -0.1) is 0 Å². The van der Waals surface area contributed by atoms with Gasteiger partial charge in [-0.25, -0.2) is 0 Å². The Morgan fingerprint density at radius 2 is 1.55 bits per heavy atom. The van der Waals surface area contributed by atoms with Crippen LogP contribution in [0.1, 0.15) is 48.8 Å². The molecule has 200 valence electrons. The van der Waals surface area contributed by atoms with Crippen LogP contribution in [-0.4, -0.2) is 28.8 Å². The molecule has 0 bridgehead atoms. The van der Waals surface area contributed by atoms with Crippen LogP contribution in [-0.2, 0) is 29.0 Å². The zero-order valence-corrected chi connectivity index (χ0v) is 24.0. The van der Waals surface area contributed by atoms with Crippen LogP contribution in [0, 0.1) is 0 Å². The van der Waals surface area contributed by atoms with Gasteiger partial charge in [-0.2, -0.15) is 0 Å². The number of hydrogen-bond acceptors (Lipinski definition) is 2. The molecule has 1 atom stereocenters. The smallest absolute Gasteiger partial charge is 0.243 e. The monoisotopic (exact) mass is 590 g/mol. The van der Waals surface area contributed by atoms with Gasteiger partial charge >= 0.3 is 0 Å². The Morgan fingerprint density at radius 3 is 2.24 bits per heavy atom. The molecular formula is C30H30Cl4N2O2. The molecule has 1 saturated carbocycles. The highest BCUT2D eigenvalue weighted by Crippen LogP contribution is 2.26. The van der Waals surface area contributed by atoms with Gasteiger partial charge in [0.2, 0.25) is 11.8 Å². The molecule has 0 aromatic heterocycles. The molecule has 0 spiro atoms. The van der Waals surface area contributed by atoms with Gasteiger partial charge in [0.15, 0.2) is 0 Å². The largest absolute Gasteiger partial charge is 0.352 e. The molecule has 4 nitrogen and oxygen atoms in total. The second-order valence-electron chi connectivity index (χ2n) is 9.73. The molecule has 8 heteroatoms. The second-order valence-corrected chi connectivity index (χ2v) is 11.4. The first-order valence-electron chi connectivity index (χ1n) is 12.8. The molecule has 0 radical (unpaired) electrons. The summed E-state index contributed by atoms with van der Waals surface area (Å²) in [5.41, 5.74) is 2.39. The van der Waals surface area contributed by atoms with Crippen LogP contribution >= 0.6 is 46.4 Å². The number of halogens is 4. The summed E-state index contributed by atoms with van der Waals surface area (Å²) in [6.07, 6.45) is 5.67. The molecule has 3 aromatic rings. The van der Waals surface area contributed by atoms with E-state index in [0.29, 0.717) is 32.1 Å². The molecule has 0 unspecified atom stereocenters. The van der Waals surface area contributed by atoms with Crippen molar-refractivity contribution in [3.8, 4) is 0 Å². The predicted molar refractivity (Wildman–Crippen MR) is 156 cm³/mol. The fourth-order valence-electron chi connectivity index (χ4n) is 4.86. The molecule has 4 rings (SSSR count). The number of amides is 2. The van der Waals surface area contributed by atoms with E-state index in [-0.39, 0.29) is 30.8 Å². The Balaban J connectivity index is 1.68. The third-order valence-corrected chi connectivity index (χ3v) is 8.24. The van der Waals surface area contributed by atoms with E-state index in [1.807, 2.05) is 36.4 Å². The highest BCUT2D eigenvalue weighted by Gasteiger charge is 2.32. The Morgan fingerprint density at radius 1 is 0.816 bits per heavy atom. The first kappa shape index (κ1) is 28.8. The van der Waals surface area contributed by atoms with Gasteiger partial charge in [0.1, 0.15) is 6.04 Å². The Hall–Kier alpha value is -2.24. The molecule has 2 amide bonds. The van der Waals surface area contributed by atoms with Crippen LogP contribution in [0.4, 0.5) is 0 Å². The van der Waals surface area contributed by atoms with Gasteiger partial charge in [0.05, 0.1) is 16.5 Å². The zero-order chi connectivity index (χ0) is 27.1. The molecule has 3 aromatic carbocycles. The molecular weight excluding hydrogens is 562 g/mol. The molecule has 1 fully saturated rings. The lowest BCUT2D eigenvalue weighted by molar-refractivity contribution is -0.141. The van der Waals surface area contributed by atoms with E-state index < -0.39 is 6.04 Å². The summed E-state index contributed by atoms with van der Waals surface area (Å²) in [5.74, 6) is -0.378. The van der Waals surface area contributed by atoms with Crippen LogP contribution in [0.2, 0.25) is 20.1 Å². The van der Waals surface area contributed by atoms with Gasteiger partial charge in [0, 0.05) is 29.1 Å². The fourth-order valence-corrected chi connectivity index (χ4v) is 5.66. The van der Waals surface area contributed by atoms with Crippen molar-refractivity contribution in [2.75, 3.05) is 0 Å². The maximum Gasteiger partial charge on any atom is 0.243 e. The Kier molecular flexibility index (Phi) is 10.4. The topological polar surface area (TPSA) is 49.4 Å². The number of nitrogens with one attached hydrogen (secondary N) is 1. The van der Waals surface area contributed by atoms with Crippen molar-refractivity contribution >= 4 is 58.2 Å². The SMILES string of the molecule is O=C(NC1CCCCC1)[C@H](Cc1ccccc1)N(Cc1ccc(Cl)c(Cl)c1)C(=O)Cc1ccc(Cl)cc1Cl. The van der Waals surface area contributed by atoms with E-state index in [9.17, 15) is 9.59 Å². The van der Waals surface area contributed by atoms with Crippen molar-refractivity contribution < 1.29 is 9.59 Å². The number of carbonyl (C=O) groups excluding carboxylic acids is 2. The van der Waals surface area contributed by atoms with Crippen molar-refractivity contribution in [1.82, 2.24) is 10.2 Å². The molecule has 1 N–H and O–H groups in total. The van der Waals surface area contributed by atoms with Crippen molar-refractivity contribution in [1.29, 1.82) is 0 Å². The Bertz CT molecular complexity index is 1260. The predicted octanol–water partition coefficient (Wildman–Crippen LogP) is 7.93. The lowest BCUT2D eigenvalue weighted by Crippen LogP contribution is -2.53. The average molecular weight is 592 g/mol. The summed E-state index contributed by atoms with van der Waals surface area (Å²) in [7, 11) is 0. The maximum absolute atomic E-state index is 13.9. The van der Waals surface area contributed by atoms with Gasteiger partial charge in [0.25, 0.3) is 0 Å². The van der Waals surface area contributed by atoms with Crippen molar-refractivity contribution in [3.05, 3.63) is 104 Å². The summed E-state index contributed by atoms with van der Waals surface area (Å²) in [6, 6.07) is 19.5. The van der Waals surface area contributed by atoms with E-state index in [1.165, 1.54) is 6.42 Å². The second kappa shape index (κ2) is 13.7. The van der Waals surface area contributed by atoms with E-state index in [2.05, 4.69) is 5.32 Å². The van der Waals surface area contributed by atoms with E-state index in [1.54, 1.807) is 35.2 Å². The average Bonchev–Trinajstić information content (AvgIpc) is 2.91. The minimum absolute atomic E-state index is 0.0271. The van der Waals surface area contributed by atoms with Gasteiger partial charge in [-0.05, 0) is 53.8 Å². The fraction of sp³-hybridized carbons (Fsp3) is 0.333. The van der Waals surface area contributed by atoms with Crippen LogP contribution in [0.15, 0.2) is 66.7 Å². The normalized spacial score (nSPS) is 14.6. The van der Waals surface area contributed by atoms with E-state index >= 15 is 0 Å². The summed E-state index contributed by atoms with van der Waals surface area (Å²) >= 11 is 24.9. The van der Waals surface area contributed by atoms with Gasteiger partial charge in [-0.1, -0.05) is 108 Å². The van der Waals surface area contributed by atoms with Crippen molar-refractivity contribution in [3.63, 3.8) is 0 Å². The standard InChI is InChI=1S/C30H30Cl4N2O2/c31-23-13-12-22(26(33)18-23)17-29(37)36(19-21-11-14-25(32)27(34)15-21)28(16-20-7-3-1-4-8-20)30(38)35-24-9-5-2-6-10-24/h1,3-4,7-8,11-15,18,24,28H,2,5-6,9-10,16-17,19H2,(H,35,38)/t28-/m0/s1. The third-order valence-electron chi connectivity index (χ3n) is 6.92. The Labute approximate surface area is 244 Å². The molecule has 0 heterocycles. The summed E-state index contributed by atoms with van der Waals surface area (Å²) in [5, 5.41) is 4.96. The number of rotatable bonds is 9. The number of carbonyl (C=O) groups is 2. The minimum atomic E-state index is -0.729. The van der Waals surface area contributed by atoms with Gasteiger partial charge < -0.3 is 10.2 Å². The molecule has 0 aliphatic heterocycles. The first-order chi connectivity index (χ1) is 18.3. The first-order valence-corrected chi connectivity index (χ1v) is 14.3. The molecule has 38 heavy (non-hydrogen) atoms. The van der Waals surface area contributed by atoms with Crippen LogP contribution < -0.4 is 5.32 Å². The van der Waals surface area contributed by atoms with Crippen LogP contribution in [0.3, 0.4) is 0 Å². The lowest BCUT2D eigenvalue weighted by Gasteiger charge is -2.33. The number of nitrogens with zero attached hydrogens (tertiary/aromatic N) is 1. The summed E-state index contributed by atoms with van der Waals surface area (Å²) in [6.45, 7) is 0.191. The summed E-state index contributed by atoms with van der Waals surface area (Å²) < 4.78 is 0.